The standard InChI is InChI=1S/C17H25N3O/c1-5-20(6-2)10-9-18-17(21)14-7-8-16-15(11-14)12(3)13(4)19-16/h7-8,11,19H,5-6,9-10H2,1-4H3,(H,18,21). The number of fused-ring (bicyclic) bond motifs is 1. The zero-order valence-electron chi connectivity index (χ0n) is 13.4. The molecule has 0 aliphatic heterocycles. The first-order valence-electron chi connectivity index (χ1n) is 7.66. The Bertz CT molecular complexity index is 626. The number of rotatable bonds is 6. The summed E-state index contributed by atoms with van der Waals surface area (Å²) in [5, 5.41) is 4.13. The molecule has 114 valence electrons. The monoisotopic (exact) mass is 287 g/mol. The topological polar surface area (TPSA) is 48.1 Å². The van der Waals surface area contributed by atoms with E-state index in [2.05, 4.69) is 42.9 Å². The van der Waals surface area contributed by atoms with Gasteiger partial charge in [0.2, 0.25) is 0 Å². The molecule has 0 spiro atoms. The molecule has 4 nitrogen and oxygen atoms in total. The lowest BCUT2D eigenvalue weighted by atomic mass is 10.1. The Morgan fingerprint density at radius 1 is 1.24 bits per heavy atom. The SMILES string of the molecule is CCN(CC)CCNC(=O)c1ccc2[nH]c(C)c(C)c2c1. The molecule has 1 aromatic heterocycles. The summed E-state index contributed by atoms with van der Waals surface area (Å²) in [6, 6.07) is 5.83. The van der Waals surface area contributed by atoms with Crippen LogP contribution in [0.1, 0.15) is 35.5 Å². The molecule has 0 saturated heterocycles. The van der Waals surface area contributed by atoms with E-state index in [1.165, 1.54) is 5.56 Å². The highest BCUT2D eigenvalue weighted by Crippen LogP contribution is 2.22. The lowest BCUT2D eigenvalue weighted by molar-refractivity contribution is 0.0949. The van der Waals surface area contributed by atoms with Crippen LogP contribution >= 0.6 is 0 Å². The van der Waals surface area contributed by atoms with Crippen LogP contribution in [0.25, 0.3) is 10.9 Å². The van der Waals surface area contributed by atoms with E-state index in [0.29, 0.717) is 6.54 Å². The van der Waals surface area contributed by atoms with E-state index in [9.17, 15) is 4.79 Å². The number of likely N-dealkylation sites (N-methyl/N-ethyl adjacent to an activating group) is 1. The predicted octanol–water partition coefficient (Wildman–Crippen LogP) is 2.86. The van der Waals surface area contributed by atoms with Crippen molar-refractivity contribution in [2.45, 2.75) is 27.7 Å². The molecule has 2 aromatic rings. The smallest absolute Gasteiger partial charge is 0.251 e. The largest absolute Gasteiger partial charge is 0.358 e. The quantitative estimate of drug-likeness (QED) is 0.858. The van der Waals surface area contributed by atoms with Crippen molar-refractivity contribution in [3.05, 3.63) is 35.0 Å². The maximum Gasteiger partial charge on any atom is 0.251 e. The van der Waals surface area contributed by atoms with Crippen molar-refractivity contribution in [2.75, 3.05) is 26.2 Å². The second-order valence-electron chi connectivity index (χ2n) is 5.42. The first kappa shape index (κ1) is 15.6. The highest BCUT2D eigenvalue weighted by atomic mass is 16.1. The molecule has 2 N–H and O–H groups in total. The van der Waals surface area contributed by atoms with Crippen LogP contribution in [-0.4, -0.2) is 42.0 Å². The van der Waals surface area contributed by atoms with Gasteiger partial charge in [-0.1, -0.05) is 13.8 Å². The van der Waals surface area contributed by atoms with Crippen LogP contribution in [0.3, 0.4) is 0 Å². The van der Waals surface area contributed by atoms with Gasteiger partial charge in [-0.05, 0) is 50.7 Å². The van der Waals surface area contributed by atoms with Crippen molar-refractivity contribution in [1.82, 2.24) is 15.2 Å². The van der Waals surface area contributed by atoms with Gasteiger partial charge in [-0.15, -0.1) is 0 Å². The van der Waals surface area contributed by atoms with Crippen molar-refractivity contribution in [1.29, 1.82) is 0 Å². The molecular weight excluding hydrogens is 262 g/mol. The summed E-state index contributed by atoms with van der Waals surface area (Å²) in [6.45, 7) is 12.0. The van der Waals surface area contributed by atoms with E-state index in [4.69, 9.17) is 0 Å². The van der Waals surface area contributed by atoms with Gasteiger partial charge in [0, 0.05) is 35.2 Å². The van der Waals surface area contributed by atoms with Crippen molar-refractivity contribution in [3.63, 3.8) is 0 Å². The first-order chi connectivity index (χ1) is 10.1. The molecule has 0 unspecified atom stereocenters. The Kier molecular flexibility index (Phi) is 5.02. The summed E-state index contributed by atoms with van der Waals surface area (Å²) >= 11 is 0. The number of nitrogens with zero attached hydrogens (tertiary/aromatic N) is 1. The Morgan fingerprint density at radius 2 is 1.95 bits per heavy atom. The number of hydrogen-bond donors (Lipinski definition) is 2. The molecule has 0 aliphatic carbocycles. The summed E-state index contributed by atoms with van der Waals surface area (Å²) in [5.74, 6) is 0.00214. The number of nitrogens with one attached hydrogen (secondary N) is 2. The van der Waals surface area contributed by atoms with E-state index in [1.54, 1.807) is 0 Å². The van der Waals surface area contributed by atoms with Crippen LogP contribution < -0.4 is 5.32 Å². The molecule has 21 heavy (non-hydrogen) atoms. The molecule has 1 heterocycles. The van der Waals surface area contributed by atoms with Crippen LogP contribution in [0.15, 0.2) is 18.2 Å². The molecule has 0 fully saturated rings. The number of benzene rings is 1. The molecule has 0 bridgehead atoms. The Balaban J connectivity index is 2.04. The summed E-state index contributed by atoms with van der Waals surface area (Å²) in [7, 11) is 0. The van der Waals surface area contributed by atoms with E-state index < -0.39 is 0 Å². The summed E-state index contributed by atoms with van der Waals surface area (Å²) in [4.78, 5) is 17.8. The second-order valence-corrected chi connectivity index (χ2v) is 5.42. The van der Waals surface area contributed by atoms with E-state index in [0.717, 1.165) is 41.8 Å². The Labute approximate surface area is 126 Å². The molecule has 4 heteroatoms. The average Bonchev–Trinajstić information content (AvgIpc) is 2.78. The highest BCUT2D eigenvalue weighted by molar-refractivity contribution is 5.99. The first-order valence-corrected chi connectivity index (χ1v) is 7.66. The maximum absolute atomic E-state index is 12.2. The van der Waals surface area contributed by atoms with Crippen LogP contribution in [0.2, 0.25) is 0 Å². The van der Waals surface area contributed by atoms with Gasteiger partial charge in [0.05, 0.1) is 0 Å². The lowest BCUT2D eigenvalue weighted by Gasteiger charge is -2.17. The van der Waals surface area contributed by atoms with Gasteiger partial charge in [-0.2, -0.15) is 0 Å². The van der Waals surface area contributed by atoms with Crippen LogP contribution in [0, 0.1) is 13.8 Å². The van der Waals surface area contributed by atoms with Crippen molar-refractivity contribution in [2.24, 2.45) is 0 Å². The minimum absolute atomic E-state index is 0.00214. The third kappa shape index (κ3) is 3.45. The van der Waals surface area contributed by atoms with Crippen LogP contribution in [0.4, 0.5) is 0 Å². The van der Waals surface area contributed by atoms with E-state index in [-0.39, 0.29) is 5.91 Å². The molecule has 0 saturated carbocycles. The fourth-order valence-corrected chi connectivity index (χ4v) is 2.57. The number of H-pyrrole nitrogens is 1. The maximum atomic E-state index is 12.2. The molecular formula is C17H25N3O. The number of hydrogen-bond acceptors (Lipinski definition) is 2. The molecule has 1 amide bonds. The van der Waals surface area contributed by atoms with Crippen LogP contribution in [0.5, 0.6) is 0 Å². The average molecular weight is 287 g/mol. The second kappa shape index (κ2) is 6.76. The summed E-state index contributed by atoms with van der Waals surface area (Å²) in [6.07, 6.45) is 0. The van der Waals surface area contributed by atoms with Crippen molar-refractivity contribution < 1.29 is 4.79 Å². The lowest BCUT2D eigenvalue weighted by Crippen LogP contribution is -2.34. The number of carbonyl (C=O) groups is 1. The van der Waals surface area contributed by atoms with E-state index in [1.807, 2.05) is 18.2 Å². The fraction of sp³-hybridized carbons (Fsp3) is 0.471. The number of aromatic nitrogens is 1. The van der Waals surface area contributed by atoms with Gasteiger partial charge < -0.3 is 15.2 Å². The van der Waals surface area contributed by atoms with Gasteiger partial charge in [0.1, 0.15) is 0 Å². The van der Waals surface area contributed by atoms with Gasteiger partial charge in [-0.3, -0.25) is 4.79 Å². The summed E-state index contributed by atoms with van der Waals surface area (Å²) < 4.78 is 0. The number of carbonyl (C=O) groups excluding carboxylic acids is 1. The predicted molar refractivity (Wildman–Crippen MR) is 87.9 cm³/mol. The Hall–Kier alpha value is -1.81. The zero-order chi connectivity index (χ0) is 15.4. The van der Waals surface area contributed by atoms with Crippen molar-refractivity contribution in [3.8, 4) is 0 Å². The normalized spacial score (nSPS) is 11.3. The minimum atomic E-state index is 0.00214. The number of amides is 1. The molecule has 0 radical (unpaired) electrons. The van der Waals surface area contributed by atoms with Gasteiger partial charge >= 0.3 is 0 Å². The van der Waals surface area contributed by atoms with Gasteiger partial charge in [0.15, 0.2) is 0 Å². The Morgan fingerprint density at radius 3 is 2.62 bits per heavy atom. The van der Waals surface area contributed by atoms with E-state index >= 15 is 0 Å². The minimum Gasteiger partial charge on any atom is -0.358 e. The van der Waals surface area contributed by atoms with Gasteiger partial charge in [-0.25, -0.2) is 0 Å². The highest BCUT2D eigenvalue weighted by Gasteiger charge is 2.10. The summed E-state index contributed by atoms with van der Waals surface area (Å²) in [5.41, 5.74) is 4.18. The third-order valence-electron chi connectivity index (χ3n) is 4.18. The molecule has 0 atom stereocenters. The number of aryl methyl sites for hydroxylation is 2. The third-order valence-corrected chi connectivity index (χ3v) is 4.18. The van der Waals surface area contributed by atoms with Crippen molar-refractivity contribution >= 4 is 16.8 Å². The van der Waals surface area contributed by atoms with Gasteiger partial charge in [0.25, 0.3) is 5.91 Å². The fourth-order valence-electron chi connectivity index (χ4n) is 2.57. The number of aromatic amines is 1. The zero-order valence-corrected chi connectivity index (χ0v) is 13.4. The molecule has 2 rings (SSSR count). The molecule has 1 aromatic carbocycles. The van der Waals surface area contributed by atoms with Crippen LogP contribution in [-0.2, 0) is 0 Å². The molecule has 0 aliphatic rings.